The second-order valence-corrected chi connectivity index (χ2v) is 10.3. The molecule has 0 heterocycles. The number of alkyl carbamates (subject to hydrolysis) is 1. The zero-order valence-corrected chi connectivity index (χ0v) is 22.2. The summed E-state index contributed by atoms with van der Waals surface area (Å²) < 4.78 is 10.5. The third kappa shape index (κ3) is 7.26. The minimum atomic E-state index is -0.945. The molecule has 8 heteroatoms. The minimum Gasteiger partial charge on any atom is -0.497 e. The van der Waals surface area contributed by atoms with Gasteiger partial charge in [-0.15, -0.1) is 6.42 Å². The number of ether oxygens (including phenoxy) is 2. The molecular weight excluding hydrogens is 470 g/mol. The van der Waals surface area contributed by atoms with E-state index in [1.54, 1.807) is 88.2 Å². The van der Waals surface area contributed by atoms with Gasteiger partial charge >= 0.3 is 6.09 Å². The molecule has 3 amide bonds. The highest BCUT2D eigenvalue weighted by Gasteiger charge is 2.47. The van der Waals surface area contributed by atoms with Gasteiger partial charge in [0.1, 0.15) is 23.4 Å². The van der Waals surface area contributed by atoms with E-state index in [-0.39, 0.29) is 23.8 Å². The van der Waals surface area contributed by atoms with E-state index in [9.17, 15) is 14.4 Å². The number of amides is 3. The fraction of sp³-hybridized carbons (Fsp3) is 0.414. The lowest BCUT2D eigenvalue weighted by Gasteiger charge is -2.34. The molecule has 196 valence electrons. The van der Waals surface area contributed by atoms with Gasteiger partial charge in [0, 0.05) is 17.3 Å². The molecule has 0 spiro atoms. The largest absolute Gasteiger partial charge is 0.497 e. The summed E-state index contributed by atoms with van der Waals surface area (Å²) in [6.07, 6.45) is 5.57. The Morgan fingerprint density at radius 2 is 1.68 bits per heavy atom. The zero-order valence-electron chi connectivity index (χ0n) is 22.2. The fourth-order valence-electron chi connectivity index (χ4n) is 4.03. The molecule has 0 bridgehead atoms. The first-order valence-electron chi connectivity index (χ1n) is 12.3. The average molecular weight is 506 g/mol. The molecule has 1 aliphatic carbocycles. The van der Waals surface area contributed by atoms with Crippen LogP contribution in [0.1, 0.15) is 58.2 Å². The van der Waals surface area contributed by atoms with Gasteiger partial charge in [0.05, 0.1) is 7.11 Å². The predicted molar refractivity (Wildman–Crippen MR) is 142 cm³/mol. The summed E-state index contributed by atoms with van der Waals surface area (Å²) in [5.74, 6) is 2.68. The Morgan fingerprint density at radius 3 is 2.16 bits per heavy atom. The number of hydrogen-bond donors (Lipinski definition) is 2. The van der Waals surface area contributed by atoms with Crippen LogP contribution in [0.25, 0.3) is 0 Å². The predicted octanol–water partition coefficient (Wildman–Crippen LogP) is 4.51. The van der Waals surface area contributed by atoms with Gasteiger partial charge < -0.3 is 25.0 Å². The maximum Gasteiger partial charge on any atom is 0.408 e. The highest BCUT2D eigenvalue weighted by atomic mass is 16.6. The van der Waals surface area contributed by atoms with Crippen molar-refractivity contribution in [3.8, 4) is 18.1 Å². The maximum atomic E-state index is 13.8. The summed E-state index contributed by atoms with van der Waals surface area (Å²) in [7, 11) is 1.57. The zero-order chi connectivity index (χ0) is 27.3. The van der Waals surface area contributed by atoms with Crippen molar-refractivity contribution >= 4 is 23.6 Å². The average Bonchev–Trinajstić information content (AvgIpc) is 3.56. The van der Waals surface area contributed by atoms with Crippen molar-refractivity contribution in [2.24, 2.45) is 5.92 Å². The monoisotopic (exact) mass is 505 g/mol. The molecule has 0 saturated heterocycles. The van der Waals surface area contributed by atoms with Crippen LogP contribution in [0.15, 0.2) is 48.5 Å². The molecular formula is C29H35N3O5. The molecule has 2 N–H and O–H groups in total. The SMILES string of the molecule is C#Cc1ccc(C(C(=O)Nc2ccc(OC)cc2)N(C(=O)C(C)NC(=O)OC(C)(C)C)C2CC2C)cc1. The summed E-state index contributed by atoms with van der Waals surface area (Å²) in [5, 5.41) is 5.54. The van der Waals surface area contributed by atoms with Crippen molar-refractivity contribution in [3.05, 3.63) is 59.7 Å². The number of nitrogens with one attached hydrogen (secondary N) is 2. The number of carbonyl (C=O) groups excluding carboxylic acids is 3. The number of carbonyl (C=O) groups is 3. The Kier molecular flexibility index (Phi) is 8.49. The van der Waals surface area contributed by atoms with Gasteiger partial charge in [0.25, 0.3) is 5.91 Å². The van der Waals surface area contributed by atoms with Crippen LogP contribution in [0, 0.1) is 18.3 Å². The first-order chi connectivity index (χ1) is 17.4. The molecule has 1 fully saturated rings. The highest BCUT2D eigenvalue weighted by molar-refractivity contribution is 5.99. The van der Waals surface area contributed by atoms with Crippen LogP contribution in [-0.4, -0.2) is 47.6 Å². The molecule has 37 heavy (non-hydrogen) atoms. The second kappa shape index (κ2) is 11.4. The number of nitrogens with zero attached hydrogens (tertiary/aromatic N) is 1. The number of rotatable bonds is 8. The van der Waals surface area contributed by atoms with Gasteiger partial charge in [-0.05, 0) is 82.0 Å². The molecule has 1 saturated carbocycles. The summed E-state index contributed by atoms with van der Waals surface area (Å²) in [6.45, 7) is 8.85. The molecule has 0 radical (unpaired) electrons. The maximum absolute atomic E-state index is 13.8. The minimum absolute atomic E-state index is 0.158. The summed E-state index contributed by atoms with van der Waals surface area (Å²) in [6, 6.07) is 11.9. The van der Waals surface area contributed by atoms with Crippen LogP contribution in [0.3, 0.4) is 0 Å². The number of hydrogen-bond acceptors (Lipinski definition) is 5. The molecule has 8 nitrogen and oxygen atoms in total. The van der Waals surface area contributed by atoms with E-state index in [4.69, 9.17) is 15.9 Å². The second-order valence-electron chi connectivity index (χ2n) is 10.3. The summed E-state index contributed by atoms with van der Waals surface area (Å²) in [5.41, 5.74) is 1.13. The summed E-state index contributed by atoms with van der Waals surface area (Å²) in [4.78, 5) is 41.5. The van der Waals surface area contributed by atoms with Crippen LogP contribution in [0.5, 0.6) is 5.75 Å². The standard InChI is InChI=1S/C29H35N3O5/c1-8-20-9-11-21(12-10-20)25(26(33)31-22-13-15-23(36-7)16-14-22)32(24-17-18(24)2)27(34)19(3)30-28(35)37-29(4,5)6/h1,9-16,18-19,24-25H,17H2,2-7H3,(H,30,35)(H,31,33). The van der Waals surface area contributed by atoms with Gasteiger partial charge in [-0.3, -0.25) is 9.59 Å². The first-order valence-corrected chi connectivity index (χ1v) is 12.3. The van der Waals surface area contributed by atoms with Gasteiger partial charge in [0.15, 0.2) is 0 Å². The number of terminal acetylenes is 1. The topological polar surface area (TPSA) is 97.0 Å². The lowest BCUT2D eigenvalue weighted by Crippen LogP contribution is -2.52. The lowest BCUT2D eigenvalue weighted by atomic mass is 10.0. The van der Waals surface area contributed by atoms with Crippen LogP contribution in [0.2, 0.25) is 0 Å². The van der Waals surface area contributed by atoms with E-state index in [0.717, 1.165) is 6.42 Å². The smallest absolute Gasteiger partial charge is 0.408 e. The van der Waals surface area contributed by atoms with Gasteiger partial charge in [-0.2, -0.15) is 0 Å². The van der Waals surface area contributed by atoms with Crippen molar-refractivity contribution in [1.82, 2.24) is 10.2 Å². The number of methoxy groups -OCH3 is 1. The molecule has 4 atom stereocenters. The third-order valence-electron chi connectivity index (χ3n) is 6.06. The van der Waals surface area contributed by atoms with Crippen molar-refractivity contribution in [1.29, 1.82) is 0 Å². The van der Waals surface area contributed by atoms with Crippen LogP contribution in [-0.2, 0) is 14.3 Å². The quantitative estimate of drug-likeness (QED) is 0.515. The Labute approximate surface area is 218 Å². The molecule has 0 aliphatic heterocycles. The van der Waals surface area contributed by atoms with E-state index in [1.165, 1.54) is 0 Å². The lowest BCUT2D eigenvalue weighted by molar-refractivity contribution is -0.141. The van der Waals surface area contributed by atoms with Gasteiger partial charge in [-0.25, -0.2) is 4.79 Å². The molecule has 1 aliphatic rings. The molecule has 2 aromatic rings. The Hall–Kier alpha value is -3.99. The molecule has 3 rings (SSSR count). The van der Waals surface area contributed by atoms with Crippen molar-refractivity contribution < 1.29 is 23.9 Å². The molecule has 2 aromatic carbocycles. The van der Waals surface area contributed by atoms with E-state index < -0.39 is 23.8 Å². The van der Waals surface area contributed by atoms with Gasteiger partial charge in [0.2, 0.25) is 5.91 Å². The van der Waals surface area contributed by atoms with Crippen molar-refractivity contribution in [2.45, 2.75) is 64.8 Å². The summed E-state index contributed by atoms with van der Waals surface area (Å²) >= 11 is 0. The van der Waals surface area contributed by atoms with Crippen LogP contribution >= 0.6 is 0 Å². The highest BCUT2D eigenvalue weighted by Crippen LogP contribution is 2.41. The van der Waals surface area contributed by atoms with Crippen LogP contribution in [0.4, 0.5) is 10.5 Å². The Balaban J connectivity index is 1.94. The van der Waals surface area contributed by atoms with E-state index in [0.29, 0.717) is 22.6 Å². The molecule has 0 aromatic heterocycles. The Bertz CT molecular complexity index is 1160. The number of benzene rings is 2. The number of anilines is 1. The third-order valence-corrected chi connectivity index (χ3v) is 6.06. The van der Waals surface area contributed by atoms with Crippen molar-refractivity contribution in [2.75, 3.05) is 12.4 Å². The Morgan fingerprint density at radius 1 is 1.08 bits per heavy atom. The molecule has 4 unspecified atom stereocenters. The van der Waals surface area contributed by atoms with Crippen LogP contribution < -0.4 is 15.4 Å². The normalized spacial score (nSPS) is 18.0. The fourth-order valence-corrected chi connectivity index (χ4v) is 4.03. The first kappa shape index (κ1) is 27.6. The van der Waals surface area contributed by atoms with E-state index in [1.807, 2.05) is 6.92 Å². The van der Waals surface area contributed by atoms with E-state index in [2.05, 4.69) is 16.6 Å². The van der Waals surface area contributed by atoms with E-state index >= 15 is 0 Å². The van der Waals surface area contributed by atoms with Gasteiger partial charge in [-0.1, -0.05) is 25.0 Å². The van der Waals surface area contributed by atoms with Crippen molar-refractivity contribution in [3.63, 3.8) is 0 Å².